The highest BCUT2D eigenvalue weighted by Gasteiger charge is 2.25. The lowest BCUT2D eigenvalue weighted by molar-refractivity contribution is -0.126. The number of nitrogens with one attached hydrogen (secondary N) is 1. The smallest absolute Gasteiger partial charge is 0.258 e. The van der Waals surface area contributed by atoms with E-state index < -0.39 is 17.7 Å². The molecule has 0 aromatic heterocycles. The summed E-state index contributed by atoms with van der Waals surface area (Å²) in [6.45, 7) is 10.1. The van der Waals surface area contributed by atoms with Crippen LogP contribution in [0.1, 0.15) is 34.6 Å². The Hall–Kier alpha value is -3.04. The SMILES string of the molecule is CCOc1cc(Cl)c(N=NC(C(C)=O)C(=O)Nc2cc(OCC)c(OCC)cc2Cl)c(OCC)c1. The summed E-state index contributed by atoms with van der Waals surface area (Å²) in [5.74, 6) is 0.390. The van der Waals surface area contributed by atoms with Gasteiger partial charge in [-0.2, -0.15) is 5.11 Å². The van der Waals surface area contributed by atoms with Gasteiger partial charge in [0.15, 0.2) is 23.0 Å². The number of ether oxygens (including phenoxy) is 4. The Morgan fingerprint density at radius 2 is 1.40 bits per heavy atom. The van der Waals surface area contributed by atoms with Crippen LogP contribution in [0.2, 0.25) is 10.0 Å². The fourth-order valence-electron chi connectivity index (χ4n) is 2.97. The topological polar surface area (TPSA) is 108 Å². The van der Waals surface area contributed by atoms with E-state index in [9.17, 15) is 9.59 Å². The van der Waals surface area contributed by atoms with Crippen molar-refractivity contribution in [2.45, 2.75) is 40.7 Å². The Bertz CT molecular complexity index is 1080. The second-order valence-corrected chi connectivity index (χ2v) is 7.79. The summed E-state index contributed by atoms with van der Waals surface area (Å²) in [4.78, 5) is 25.2. The van der Waals surface area contributed by atoms with E-state index in [0.29, 0.717) is 49.4 Å². The van der Waals surface area contributed by atoms with Gasteiger partial charge in [0, 0.05) is 24.3 Å². The third-order valence-electron chi connectivity index (χ3n) is 4.41. The molecule has 0 saturated heterocycles. The van der Waals surface area contributed by atoms with E-state index in [1.165, 1.54) is 19.1 Å². The van der Waals surface area contributed by atoms with E-state index in [0.717, 1.165) is 0 Å². The molecule has 2 aromatic carbocycles. The number of ketones is 1. The van der Waals surface area contributed by atoms with Crippen molar-refractivity contribution < 1.29 is 28.5 Å². The van der Waals surface area contributed by atoms with Gasteiger partial charge in [0.05, 0.1) is 42.2 Å². The van der Waals surface area contributed by atoms with E-state index >= 15 is 0 Å². The first-order valence-corrected chi connectivity index (χ1v) is 11.9. The molecule has 2 rings (SSSR count). The predicted octanol–water partition coefficient (Wildman–Crippen LogP) is 6.27. The van der Waals surface area contributed by atoms with Crippen molar-refractivity contribution >= 4 is 46.3 Å². The van der Waals surface area contributed by atoms with Crippen LogP contribution in [-0.4, -0.2) is 44.2 Å². The van der Waals surface area contributed by atoms with Gasteiger partial charge in [-0.15, -0.1) is 5.11 Å². The van der Waals surface area contributed by atoms with Gasteiger partial charge in [-0.05, 0) is 34.6 Å². The van der Waals surface area contributed by atoms with Crippen molar-refractivity contribution in [1.82, 2.24) is 0 Å². The van der Waals surface area contributed by atoms with Crippen LogP contribution in [-0.2, 0) is 9.59 Å². The van der Waals surface area contributed by atoms with Crippen LogP contribution in [0.25, 0.3) is 0 Å². The number of carbonyl (C=O) groups is 2. The number of anilines is 1. The molecule has 0 aliphatic carbocycles. The number of azo groups is 1. The van der Waals surface area contributed by atoms with E-state index in [4.69, 9.17) is 42.1 Å². The maximum Gasteiger partial charge on any atom is 0.258 e. The number of hydrogen-bond acceptors (Lipinski definition) is 8. The highest BCUT2D eigenvalue weighted by molar-refractivity contribution is 6.34. The molecule has 2 aromatic rings. The number of amides is 1. The van der Waals surface area contributed by atoms with Gasteiger partial charge >= 0.3 is 0 Å². The molecule has 1 N–H and O–H groups in total. The van der Waals surface area contributed by atoms with Gasteiger partial charge in [-0.3, -0.25) is 9.59 Å². The zero-order valence-electron chi connectivity index (χ0n) is 20.3. The summed E-state index contributed by atoms with van der Waals surface area (Å²) in [5, 5.41) is 11.0. The number of halogens is 2. The molecule has 0 bridgehead atoms. The lowest BCUT2D eigenvalue weighted by atomic mass is 10.2. The van der Waals surface area contributed by atoms with E-state index in [1.54, 1.807) is 19.1 Å². The van der Waals surface area contributed by atoms with Gasteiger partial charge in [-0.25, -0.2) is 0 Å². The first kappa shape index (κ1) is 28.2. The van der Waals surface area contributed by atoms with Crippen molar-refractivity contribution in [1.29, 1.82) is 0 Å². The molecular weight excluding hydrogens is 497 g/mol. The summed E-state index contributed by atoms with van der Waals surface area (Å²) < 4.78 is 22.2. The highest BCUT2D eigenvalue weighted by atomic mass is 35.5. The summed E-state index contributed by atoms with van der Waals surface area (Å²) in [5.41, 5.74) is 0.410. The molecule has 1 amide bonds. The molecule has 11 heteroatoms. The minimum Gasteiger partial charge on any atom is -0.494 e. The molecule has 0 aliphatic rings. The minimum atomic E-state index is -1.45. The fraction of sp³-hybridized carbons (Fsp3) is 0.417. The summed E-state index contributed by atoms with van der Waals surface area (Å²) in [6, 6.07) is 4.78. The van der Waals surface area contributed by atoms with Crippen LogP contribution in [0.4, 0.5) is 11.4 Å². The standard InChI is InChI=1S/C24H29Cl2N3O6/c1-6-32-15-10-17(26)23(21(11-15)35-9-4)29-28-22(14(5)30)24(31)27-18-13-20(34-8-3)19(33-7-2)12-16(18)25/h10-13,22H,6-9H2,1-5H3,(H,27,31). The van der Waals surface area contributed by atoms with Crippen molar-refractivity contribution in [3.63, 3.8) is 0 Å². The largest absolute Gasteiger partial charge is 0.494 e. The average molecular weight is 526 g/mol. The first-order chi connectivity index (χ1) is 16.7. The Morgan fingerprint density at radius 3 is 1.97 bits per heavy atom. The van der Waals surface area contributed by atoms with Crippen LogP contribution < -0.4 is 24.3 Å². The maximum atomic E-state index is 12.9. The highest BCUT2D eigenvalue weighted by Crippen LogP contribution is 2.40. The maximum absolute atomic E-state index is 12.9. The number of hydrogen-bond donors (Lipinski definition) is 1. The fourth-order valence-corrected chi connectivity index (χ4v) is 3.40. The number of carbonyl (C=O) groups excluding carboxylic acids is 2. The van der Waals surface area contributed by atoms with Gasteiger partial charge in [0.2, 0.25) is 6.04 Å². The zero-order valence-corrected chi connectivity index (χ0v) is 21.8. The van der Waals surface area contributed by atoms with Crippen LogP contribution in [0.15, 0.2) is 34.5 Å². The van der Waals surface area contributed by atoms with Crippen molar-refractivity contribution in [3.8, 4) is 23.0 Å². The molecule has 1 atom stereocenters. The van der Waals surface area contributed by atoms with Crippen molar-refractivity contribution in [2.24, 2.45) is 10.2 Å². The van der Waals surface area contributed by atoms with E-state index in [1.807, 2.05) is 20.8 Å². The van der Waals surface area contributed by atoms with Crippen LogP contribution in [0.3, 0.4) is 0 Å². The Kier molecular flexibility index (Phi) is 11.1. The summed E-state index contributed by atoms with van der Waals surface area (Å²) >= 11 is 12.7. The molecule has 9 nitrogen and oxygen atoms in total. The zero-order chi connectivity index (χ0) is 26.0. The predicted molar refractivity (Wildman–Crippen MR) is 135 cm³/mol. The van der Waals surface area contributed by atoms with Crippen LogP contribution >= 0.6 is 23.2 Å². The van der Waals surface area contributed by atoms with Gasteiger partial charge in [0.1, 0.15) is 11.4 Å². The monoisotopic (exact) mass is 525 g/mol. The molecule has 0 heterocycles. The number of nitrogens with zero attached hydrogens (tertiary/aromatic N) is 2. The minimum absolute atomic E-state index is 0.175. The van der Waals surface area contributed by atoms with E-state index in [2.05, 4.69) is 15.5 Å². The molecule has 35 heavy (non-hydrogen) atoms. The molecule has 0 radical (unpaired) electrons. The van der Waals surface area contributed by atoms with Gasteiger partial charge in [0.25, 0.3) is 5.91 Å². The third-order valence-corrected chi connectivity index (χ3v) is 5.01. The second kappa shape index (κ2) is 13.7. The summed E-state index contributed by atoms with van der Waals surface area (Å²) in [7, 11) is 0. The van der Waals surface area contributed by atoms with Crippen LogP contribution in [0, 0.1) is 0 Å². The molecule has 0 saturated carbocycles. The Morgan fingerprint density at radius 1 is 0.829 bits per heavy atom. The molecule has 190 valence electrons. The number of benzene rings is 2. The quantitative estimate of drug-likeness (QED) is 0.244. The molecule has 0 aliphatic heterocycles. The normalized spacial score (nSPS) is 11.7. The first-order valence-electron chi connectivity index (χ1n) is 11.2. The van der Waals surface area contributed by atoms with Crippen molar-refractivity contribution in [3.05, 3.63) is 34.3 Å². The Labute approximate surface area is 214 Å². The molecule has 0 fully saturated rings. The number of rotatable bonds is 13. The molecule has 1 unspecified atom stereocenters. The third kappa shape index (κ3) is 7.73. The van der Waals surface area contributed by atoms with Crippen LogP contribution in [0.5, 0.6) is 23.0 Å². The average Bonchev–Trinajstić information content (AvgIpc) is 2.79. The Balaban J connectivity index is 2.35. The summed E-state index contributed by atoms with van der Waals surface area (Å²) in [6.07, 6.45) is 0. The second-order valence-electron chi connectivity index (χ2n) is 6.98. The van der Waals surface area contributed by atoms with Gasteiger partial charge in [-0.1, -0.05) is 23.2 Å². The molecule has 0 spiro atoms. The molecular formula is C24H29Cl2N3O6. The van der Waals surface area contributed by atoms with Crippen molar-refractivity contribution in [2.75, 3.05) is 31.7 Å². The lowest BCUT2D eigenvalue weighted by Gasteiger charge is -2.16. The van der Waals surface area contributed by atoms with Gasteiger partial charge < -0.3 is 24.3 Å². The lowest BCUT2D eigenvalue weighted by Crippen LogP contribution is -2.32. The van der Waals surface area contributed by atoms with E-state index in [-0.39, 0.29) is 21.4 Å². The number of Topliss-reactive ketones (excluding diaryl/α,β-unsaturated/α-hetero) is 1.